The van der Waals surface area contributed by atoms with E-state index in [2.05, 4.69) is 10.6 Å². The smallest absolute Gasteiger partial charge is 0.250 e. The predicted octanol–water partition coefficient (Wildman–Crippen LogP) is 3.32. The fourth-order valence-corrected chi connectivity index (χ4v) is 6.76. The highest BCUT2D eigenvalue weighted by Gasteiger charge is 2.79. The van der Waals surface area contributed by atoms with Gasteiger partial charge in [0.2, 0.25) is 17.7 Å². The number of hydrogen-bond donors (Lipinski definition) is 3. The second-order valence-corrected chi connectivity index (χ2v) is 10.8. The standard InChI is InChI=1S/C28H32ClN3O6/c1-4-37-18-11-9-17(10-12-18)30-24(34)21-22-26(36)32(13-14-33)23(28(22)15-16(2)27(21,3)38-28)25(35)31-20-8-6-5-7-19(20)29/h5-12,16,21-23,33H,4,13-15H2,1-3H3,(H,30,34)(H,31,35)/t16?,21-,22-,23?,27+,28?/m0/s1. The highest BCUT2D eigenvalue weighted by Crippen LogP contribution is 2.65. The van der Waals surface area contributed by atoms with E-state index in [0.717, 1.165) is 0 Å². The third kappa shape index (κ3) is 4.04. The maximum Gasteiger partial charge on any atom is 0.250 e. The molecular formula is C28H32ClN3O6. The summed E-state index contributed by atoms with van der Waals surface area (Å²) in [5, 5.41) is 15.9. The number of likely N-dealkylation sites (tertiary alicyclic amines) is 1. The monoisotopic (exact) mass is 541 g/mol. The number of anilines is 2. The maximum absolute atomic E-state index is 13.9. The van der Waals surface area contributed by atoms with Crippen LogP contribution in [0.25, 0.3) is 0 Å². The number of fused-ring (bicyclic) bond motifs is 1. The number of β-amino-alcohol motifs (C(OH)–C–C–N with tert-alkyl or cyclic N) is 1. The van der Waals surface area contributed by atoms with Crippen LogP contribution in [0.2, 0.25) is 5.02 Å². The molecule has 2 bridgehead atoms. The summed E-state index contributed by atoms with van der Waals surface area (Å²) in [5.74, 6) is -2.31. The third-order valence-corrected chi connectivity index (χ3v) is 8.58. The van der Waals surface area contributed by atoms with Crippen molar-refractivity contribution in [2.45, 2.75) is 44.4 Å². The molecule has 0 saturated carbocycles. The van der Waals surface area contributed by atoms with E-state index in [0.29, 0.717) is 35.2 Å². The molecule has 3 fully saturated rings. The number of aliphatic hydroxyl groups is 1. The SMILES string of the molecule is CCOc1ccc(NC(=O)[C@@H]2[C@H]3C(=O)N(CCO)C(C(=O)Nc4ccccc4Cl)C34CC(C)[C@@]2(C)O4)cc1. The van der Waals surface area contributed by atoms with E-state index in [9.17, 15) is 19.5 Å². The van der Waals surface area contributed by atoms with E-state index < -0.39 is 35.0 Å². The van der Waals surface area contributed by atoms with Crippen molar-refractivity contribution in [3.05, 3.63) is 53.6 Å². The molecule has 3 aliphatic rings. The summed E-state index contributed by atoms with van der Waals surface area (Å²) < 4.78 is 12.1. The molecule has 3 saturated heterocycles. The van der Waals surface area contributed by atoms with Gasteiger partial charge in [0.05, 0.1) is 41.4 Å². The van der Waals surface area contributed by atoms with Crippen LogP contribution in [0, 0.1) is 17.8 Å². The van der Waals surface area contributed by atoms with Crippen molar-refractivity contribution in [3.8, 4) is 5.75 Å². The number of rotatable bonds is 8. The van der Waals surface area contributed by atoms with Gasteiger partial charge < -0.3 is 30.1 Å². The second-order valence-electron chi connectivity index (χ2n) is 10.4. The summed E-state index contributed by atoms with van der Waals surface area (Å²) in [6.45, 7) is 5.86. The molecule has 202 valence electrons. The van der Waals surface area contributed by atoms with Gasteiger partial charge in [-0.15, -0.1) is 0 Å². The molecule has 3 aliphatic heterocycles. The third-order valence-electron chi connectivity index (χ3n) is 8.25. The highest BCUT2D eigenvalue weighted by molar-refractivity contribution is 6.33. The van der Waals surface area contributed by atoms with Gasteiger partial charge in [0.15, 0.2) is 0 Å². The van der Waals surface area contributed by atoms with Gasteiger partial charge in [0.25, 0.3) is 0 Å². The van der Waals surface area contributed by atoms with Gasteiger partial charge in [-0.1, -0.05) is 30.7 Å². The summed E-state index contributed by atoms with van der Waals surface area (Å²) in [7, 11) is 0. The number of carbonyl (C=O) groups is 3. The van der Waals surface area contributed by atoms with Crippen molar-refractivity contribution in [2.24, 2.45) is 17.8 Å². The molecule has 6 atom stereocenters. The molecular weight excluding hydrogens is 510 g/mol. The lowest BCUT2D eigenvalue weighted by molar-refractivity contribution is -0.144. The number of aliphatic hydroxyl groups excluding tert-OH is 1. The van der Waals surface area contributed by atoms with Crippen LogP contribution < -0.4 is 15.4 Å². The lowest BCUT2D eigenvalue weighted by Crippen LogP contribution is -2.54. The lowest BCUT2D eigenvalue weighted by atomic mass is 9.62. The Bertz CT molecular complexity index is 1260. The molecule has 2 aromatic carbocycles. The first-order chi connectivity index (χ1) is 18.2. The van der Waals surface area contributed by atoms with Crippen molar-refractivity contribution in [2.75, 3.05) is 30.4 Å². The highest BCUT2D eigenvalue weighted by atomic mass is 35.5. The van der Waals surface area contributed by atoms with E-state index in [1.54, 1.807) is 48.5 Å². The Morgan fingerprint density at radius 3 is 2.53 bits per heavy atom. The van der Waals surface area contributed by atoms with Gasteiger partial charge >= 0.3 is 0 Å². The molecule has 1 spiro atoms. The number of amides is 3. The first-order valence-electron chi connectivity index (χ1n) is 12.9. The number of nitrogens with zero attached hydrogens (tertiary/aromatic N) is 1. The van der Waals surface area contributed by atoms with E-state index in [1.807, 2.05) is 20.8 Å². The molecule has 38 heavy (non-hydrogen) atoms. The van der Waals surface area contributed by atoms with Crippen molar-refractivity contribution >= 4 is 40.7 Å². The Hall–Kier alpha value is -3.14. The number of benzene rings is 2. The van der Waals surface area contributed by atoms with E-state index in [-0.39, 0.29) is 30.9 Å². The van der Waals surface area contributed by atoms with E-state index in [1.165, 1.54) is 4.90 Å². The Morgan fingerprint density at radius 1 is 1.16 bits per heavy atom. The number of para-hydroxylation sites is 1. The fraction of sp³-hybridized carbons (Fsp3) is 0.464. The summed E-state index contributed by atoms with van der Waals surface area (Å²) in [4.78, 5) is 42.7. The lowest BCUT2D eigenvalue weighted by Gasteiger charge is -2.36. The van der Waals surface area contributed by atoms with E-state index >= 15 is 0 Å². The van der Waals surface area contributed by atoms with Crippen molar-refractivity contribution in [3.63, 3.8) is 0 Å². The van der Waals surface area contributed by atoms with Gasteiger partial charge in [-0.05, 0) is 62.6 Å². The first kappa shape index (κ1) is 26.5. The number of halogens is 1. The van der Waals surface area contributed by atoms with E-state index in [4.69, 9.17) is 21.1 Å². The Balaban J connectivity index is 1.48. The zero-order valence-corrected chi connectivity index (χ0v) is 22.3. The summed E-state index contributed by atoms with van der Waals surface area (Å²) in [6.07, 6.45) is 0.426. The zero-order valence-electron chi connectivity index (χ0n) is 21.6. The first-order valence-corrected chi connectivity index (χ1v) is 13.2. The largest absolute Gasteiger partial charge is 0.494 e. The van der Waals surface area contributed by atoms with Crippen LogP contribution in [-0.2, 0) is 19.1 Å². The molecule has 3 amide bonds. The molecule has 0 radical (unpaired) electrons. The summed E-state index contributed by atoms with van der Waals surface area (Å²) >= 11 is 6.28. The molecule has 0 aliphatic carbocycles. The van der Waals surface area contributed by atoms with Crippen LogP contribution >= 0.6 is 11.6 Å². The van der Waals surface area contributed by atoms with Crippen LogP contribution in [0.5, 0.6) is 5.75 Å². The Labute approximate surface area is 226 Å². The normalized spacial score (nSPS) is 31.3. The van der Waals surface area contributed by atoms with Crippen molar-refractivity contribution in [1.29, 1.82) is 0 Å². The minimum Gasteiger partial charge on any atom is -0.494 e. The van der Waals surface area contributed by atoms with Gasteiger partial charge in [-0.3, -0.25) is 14.4 Å². The van der Waals surface area contributed by atoms with Gasteiger partial charge in [0.1, 0.15) is 17.4 Å². The predicted molar refractivity (Wildman–Crippen MR) is 142 cm³/mol. The molecule has 3 unspecified atom stereocenters. The van der Waals surface area contributed by atoms with Crippen LogP contribution in [0.4, 0.5) is 11.4 Å². The summed E-state index contributed by atoms with van der Waals surface area (Å²) in [6, 6.07) is 12.8. The topological polar surface area (TPSA) is 117 Å². The second kappa shape index (κ2) is 9.87. The minimum atomic E-state index is -1.22. The molecule has 5 rings (SSSR count). The van der Waals surface area contributed by atoms with Crippen LogP contribution in [0.1, 0.15) is 27.2 Å². The molecule has 9 nitrogen and oxygen atoms in total. The van der Waals surface area contributed by atoms with Gasteiger partial charge in [-0.25, -0.2) is 0 Å². The minimum absolute atomic E-state index is 0.0562. The number of carbonyl (C=O) groups excluding carboxylic acids is 3. The Morgan fingerprint density at radius 2 is 1.87 bits per heavy atom. The number of ether oxygens (including phenoxy) is 2. The van der Waals surface area contributed by atoms with Crippen molar-refractivity contribution < 1.29 is 29.0 Å². The van der Waals surface area contributed by atoms with Gasteiger partial charge in [0, 0.05) is 12.2 Å². The average molecular weight is 542 g/mol. The summed E-state index contributed by atoms with van der Waals surface area (Å²) in [5.41, 5.74) is -1.19. The zero-order chi connectivity index (χ0) is 27.2. The molecule has 0 aromatic heterocycles. The molecule has 3 heterocycles. The number of nitrogens with one attached hydrogen (secondary N) is 2. The fourth-order valence-electron chi connectivity index (χ4n) is 6.57. The Kier molecular flexibility index (Phi) is 6.87. The molecule has 3 N–H and O–H groups in total. The number of hydrogen-bond acceptors (Lipinski definition) is 6. The van der Waals surface area contributed by atoms with Crippen LogP contribution in [0.15, 0.2) is 48.5 Å². The molecule has 10 heteroatoms. The quantitative estimate of drug-likeness (QED) is 0.472. The van der Waals surface area contributed by atoms with Crippen LogP contribution in [-0.4, -0.2) is 64.7 Å². The maximum atomic E-state index is 13.9. The molecule has 2 aromatic rings. The van der Waals surface area contributed by atoms with Gasteiger partial charge in [-0.2, -0.15) is 0 Å². The average Bonchev–Trinajstić information content (AvgIpc) is 3.39. The van der Waals surface area contributed by atoms with Crippen molar-refractivity contribution in [1.82, 2.24) is 4.90 Å². The van der Waals surface area contributed by atoms with Crippen LogP contribution in [0.3, 0.4) is 0 Å².